The van der Waals surface area contributed by atoms with Crippen molar-refractivity contribution in [2.24, 2.45) is 5.84 Å². The summed E-state index contributed by atoms with van der Waals surface area (Å²) >= 11 is 0. The molecule has 2 heterocycles. The molecular formula is C13H22N6O. The van der Waals surface area contributed by atoms with Crippen molar-refractivity contribution in [2.75, 3.05) is 25.1 Å². The zero-order valence-corrected chi connectivity index (χ0v) is 11.8. The van der Waals surface area contributed by atoms with E-state index in [-0.39, 0.29) is 11.9 Å². The normalized spacial score (nSPS) is 16.9. The third kappa shape index (κ3) is 3.88. The topological polar surface area (TPSA) is 96.2 Å². The summed E-state index contributed by atoms with van der Waals surface area (Å²) in [6, 6.07) is 0.227. The Labute approximate surface area is 118 Å². The van der Waals surface area contributed by atoms with Gasteiger partial charge >= 0.3 is 0 Å². The number of aromatic nitrogens is 2. The molecule has 1 aromatic heterocycles. The van der Waals surface area contributed by atoms with Crippen LogP contribution in [0.3, 0.4) is 0 Å². The molecule has 0 aliphatic carbocycles. The van der Waals surface area contributed by atoms with Gasteiger partial charge in [0.15, 0.2) is 5.82 Å². The minimum atomic E-state index is -0.171. The van der Waals surface area contributed by atoms with Crippen molar-refractivity contribution in [2.45, 2.75) is 32.2 Å². The summed E-state index contributed by atoms with van der Waals surface area (Å²) in [5.74, 6) is 5.47. The highest BCUT2D eigenvalue weighted by molar-refractivity contribution is 5.92. The number of piperidine rings is 1. The minimum absolute atomic E-state index is 0.171. The lowest BCUT2D eigenvalue weighted by atomic mass is 10.0. The number of carbonyl (C=O) groups excluding carboxylic acids is 1. The number of likely N-dealkylation sites (tertiary alicyclic amines) is 1. The molecule has 110 valence electrons. The van der Waals surface area contributed by atoms with Gasteiger partial charge in [-0.2, -0.15) is 0 Å². The zero-order chi connectivity index (χ0) is 14.4. The molecule has 2 rings (SSSR count). The SMILES string of the molecule is CCCN1CCC(NC(=O)c2cnc(NN)cn2)CC1. The second-order valence-corrected chi connectivity index (χ2v) is 5.02. The van der Waals surface area contributed by atoms with Crippen molar-refractivity contribution in [3.63, 3.8) is 0 Å². The molecule has 1 amide bonds. The number of hydrazine groups is 1. The van der Waals surface area contributed by atoms with Crippen LogP contribution in [-0.4, -0.2) is 46.5 Å². The first-order valence-electron chi connectivity index (χ1n) is 7.04. The largest absolute Gasteiger partial charge is 0.348 e. The van der Waals surface area contributed by atoms with Crippen LogP contribution in [0.5, 0.6) is 0 Å². The van der Waals surface area contributed by atoms with Crippen molar-refractivity contribution in [1.29, 1.82) is 0 Å². The van der Waals surface area contributed by atoms with Gasteiger partial charge in [0.2, 0.25) is 0 Å². The van der Waals surface area contributed by atoms with Gasteiger partial charge in [0.05, 0.1) is 12.4 Å². The van der Waals surface area contributed by atoms with E-state index in [9.17, 15) is 4.79 Å². The Bertz CT molecular complexity index is 427. The number of hydrogen-bond acceptors (Lipinski definition) is 6. The highest BCUT2D eigenvalue weighted by atomic mass is 16.1. The molecule has 0 bridgehead atoms. The van der Waals surface area contributed by atoms with E-state index in [0.29, 0.717) is 11.5 Å². The third-order valence-corrected chi connectivity index (χ3v) is 3.49. The van der Waals surface area contributed by atoms with Crippen molar-refractivity contribution in [3.8, 4) is 0 Å². The quantitative estimate of drug-likeness (QED) is 0.532. The number of amides is 1. The van der Waals surface area contributed by atoms with Crippen LogP contribution in [0.1, 0.15) is 36.7 Å². The summed E-state index contributed by atoms with van der Waals surface area (Å²) < 4.78 is 0. The van der Waals surface area contributed by atoms with Crippen LogP contribution >= 0.6 is 0 Å². The summed E-state index contributed by atoms with van der Waals surface area (Å²) in [5, 5.41) is 3.02. The molecule has 20 heavy (non-hydrogen) atoms. The minimum Gasteiger partial charge on any atom is -0.348 e. The molecule has 0 aromatic carbocycles. The first kappa shape index (κ1) is 14.7. The summed E-state index contributed by atoms with van der Waals surface area (Å²) in [7, 11) is 0. The number of carbonyl (C=O) groups is 1. The van der Waals surface area contributed by atoms with Crippen molar-refractivity contribution >= 4 is 11.7 Å². The van der Waals surface area contributed by atoms with E-state index in [2.05, 4.69) is 32.5 Å². The first-order chi connectivity index (χ1) is 9.72. The van der Waals surface area contributed by atoms with Gasteiger partial charge < -0.3 is 15.6 Å². The van der Waals surface area contributed by atoms with Gasteiger partial charge in [0.25, 0.3) is 5.91 Å². The van der Waals surface area contributed by atoms with E-state index < -0.39 is 0 Å². The van der Waals surface area contributed by atoms with Crippen molar-refractivity contribution in [3.05, 3.63) is 18.1 Å². The summed E-state index contributed by atoms with van der Waals surface area (Å²) in [6.07, 6.45) is 6.02. The fourth-order valence-corrected chi connectivity index (χ4v) is 2.40. The smallest absolute Gasteiger partial charge is 0.271 e. The van der Waals surface area contributed by atoms with Gasteiger partial charge in [-0.15, -0.1) is 0 Å². The van der Waals surface area contributed by atoms with Gasteiger partial charge in [-0.05, 0) is 25.8 Å². The standard InChI is InChI=1S/C13H22N6O/c1-2-5-19-6-3-10(4-7-19)17-13(20)11-8-16-12(18-14)9-15-11/h8-10H,2-7,14H2,1H3,(H,16,18)(H,17,20). The molecule has 0 atom stereocenters. The maximum absolute atomic E-state index is 12.0. The van der Waals surface area contributed by atoms with Gasteiger partial charge in [0.1, 0.15) is 5.69 Å². The number of hydrogen-bond donors (Lipinski definition) is 3. The summed E-state index contributed by atoms with van der Waals surface area (Å²) in [5.41, 5.74) is 2.70. The average molecular weight is 278 g/mol. The van der Waals surface area contributed by atoms with E-state index in [1.807, 2.05) is 0 Å². The summed E-state index contributed by atoms with van der Waals surface area (Å²) in [4.78, 5) is 22.5. The van der Waals surface area contributed by atoms with E-state index in [4.69, 9.17) is 5.84 Å². The molecule has 0 spiro atoms. The molecule has 1 aromatic rings. The molecule has 0 radical (unpaired) electrons. The van der Waals surface area contributed by atoms with Gasteiger partial charge in [-0.3, -0.25) is 4.79 Å². The highest BCUT2D eigenvalue weighted by Crippen LogP contribution is 2.11. The Hall–Kier alpha value is -1.73. The Morgan fingerprint density at radius 3 is 2.70 bits per heavy atom. The molecule has 0 saturated carbocycles. The molecule has 0 unspecified atom stereocenters. The van der Waals surface area contributed by atoms with Gasteiger partial charge in [-0.1, -0.05) is 6.92 Å². The van der Waals surface area contributed by atoms with E-state index >= 15 is 0 Å². The number of rotatable bonds is 5. The molecule has 7 nitrogen and oxygen atoms in total. The van der Waals surface area contributed by atoms with Crippen LogP contribution in [-0.2, 0) is 0 Å². The van der Waals surface area contributed by atoms with Crippen LogP contribution in [0.4, 0.5) is 5.82 Å². The molecule has 1 fully saturated rings. The molecule has 7 heteroatoms. The average Bonchev–Trinajstić information content (AvgIpc) is 2.49. The summed E-state index contributed by atoms with van der Waals surface area (Å²) in [6.45, 7) is 5.41. The zero-order valence-electron chi connectivity index (χ0n) is 11.8. The number of anilines is 1. The molecule has 1 saturated heterocycles. The lowest BCUT2D eigenvalue weighted by Crippen LogP contribution is -2.45. The Kier molecular flexibility index (Phi) is 5.25. The Morgan fingerprint density at radius 1 is 1.40 bits per heavy atom. The maximum atomic E-state index is 12.0. The van der Waals surface area contributed by atoms with Crippen molar-refractivity contribution in [1.82, 2.24) is 20.2 Å². The Morgan fingerprint density at radius 2 is 2.15 bits per heavy atom. The van der Waals surface area contributed by atoms with E-state index in [1.54, 1.807) is 0 Å². The number of nitrogens with one attached hydrogen (secondary N) is 2. The second-order valence-electron chi connectivity index (χ2n) is 5.02. The number of nitrogens with two attached hydrogens (primary N) is 1. The molecular weight excluding hydrogens is 256 g/mol. The van der Waals surface area contributed by atoms with Crippen molar-refractivity contribution < 1.29 is 4.79 Å². The first-order valence-corrected chi connectivity index (χ1v) is 7.04. The highest BCUT2D eigenvalue weighted by Gasteiger charge is 2.21. The predicted molar refractivity (Wildman–Crippen MR) is 77.1 cm³/mol. The lowest BCUT2D eigenvalue weighted by Gasteiger charge is -2.31. The fourth-order valence-electron chi connectivity index (χ4n) is 2.40. The van der Waals surface area contributed by atoms with Crippen LogP contribution in [0, 0.1) is 0 Å². The molecule has 1 aliphatic rings. The Balaban J connectivity index is 1.82. The van der Waals surface area contributed by atoms with E-state index in [0.717, 1.165) is 32.5 Å². The molecule has 1 aliphatic heterocycles. The van der Waals surface area contributed by atoms with Gasteiger partial charge in [0, 0.05) is 19.1 Å². The van der Waals surface area contributed by atoms with Crippen LogP contribution in [0.15, 0.2) is 12.4 Å². The maximum Gasteiger partial charge on any atom is 0.271 e. The van der Waals surface area contributed by atoms with Gasteiger partial charge in [-0.25, -0.2) is 15.8 Å². The number of nitrogen functional groups attached to an aromatic ring is 1. The number of nitrogens with zero attached hydrogens (tertiary/aromatic N) is 3. The second kappa shape index (κ2) is 7.16. The predicted octanol–water partition coefficient (Wildman–Crippen LogP) is 0.366. The van der Waals surface area contributed by atoms with Crippen LogP contribution in [0.25, 0.3) is 0 Å². The fraction of sp³-hybridized carbons (Fsp3) is 0.615. The lowest BCUT2D eigenvalue weighted by molar-refractivity contribution is 0.0905. The van der Waals surface area contributed by atoms with E-state index in [1.165, 1.54) is 18.8 Å². The monoisotopic (exact) mass is 278 g/mol. The molecule has 4 N–H and O–H groups in total. The third-order valence-electron chi connectivity index (χ3n) is 3.49. The van der Waals surface area contributed by atoms with Crippen LogP contribution < -0.4 is 16.6 Å². The van der Waals surface area contributed by atoms with Crippen LogP contribution in [0.2, 0.25) is 0 Å².